The van der Waals surface area contributed by atoms with E-state index < -0.39 is 5.82 Å². The molecule has 1 aromatic carbocycles. The molecule has 3 nitrogen and oxygen atoms in total. The zero-order valence-electron chi connectivity index (χ0n) is 14.5. The van der Waals surface area contributed by atoms with E-state index in [-0.39, 0.29) is 23.0 Å². The van der Waals surface area contributed by atoms with Crippen molar-refractivity contribution in [2.24, 2.45) is 17.8 Å². The Morgan fingerprint density at radius 1 is 1.16 bits per heavy atom. The van der Waals surface area contributed by atoms with Crippen LogP contribution in [-0.2, 0) is 4.79 Å². The van der Waals surface area contributed by atoms with Gasteiger partial charge in [-0.25, -0.2) is 4.39 Å². The molecular weight excluding hydrogens is 337 g/mol. The molecule has 0 aliphatic heterocycles. The maximum absolute atomic E-state index is 14.1. The van der Waals surface area contributed by atoms with Crippen LogP contribution in [0.1, 0.15) is 55.8 Å². The van der Waals surface area contributed by atoms with Crippen molar-refractivity contribution in [1.82, 2.24) is 5.32 Å². The van der Waals surface area contributed by atoms with Crippen LogP contribution in [0.15, 0.2) is 23.1 Å². The van der Waals surface area contributed by atoms with Crippen LogP contribution >= 0.6 is 11.8 Å². The second-order valence-corrected chi connectivity index (χ2v) is 9.25. The number of nitrogens with one attached hydrogen (secondary N) is 1. The Kier molecular flexibility index (Phi) is 4.38. The topological polar surface area (TPSA) is 46.2 Å². The maximum Gasteiger partial charge on any atom is 0.230 e. The van der Waals surface area contributed by atoms with Crippen LogP contribution in [0.2, 0.25) is 0 Å². The van der Waals surface area contributed by atoms with E-state index in [1.165, 1.54) is 44.0 Å². The summed E-state index contributed by atoms with van der Waals surface area (Å²) in [5, 5.41) is 3.31. The van der Waals surface area contributed by atoms with Crippen molar-refractivity contribution < 1.29 is 14.0 Å². The number of amides is 1. The number of Topliss-reactive ketones (excluding diaryl/α,β-unsaturated/α-hetero) is 1. The number of benzene rings is 1. The van der Waals surface area contributed by atoms with E-state index >= 15 is 0 Å². The van der Waals surface area contributed by atoms with Crippen LogP contribution in [0.4, 0.5) is 4.39 Å². The molecule has 0 saturated heterocycles. The van der Waals surface area contributed by atoms with Gasteiger partial charge in [0.05, 0.1) is 5.75 Å². The van der Waals surface area contributed by atoms with Crippen LogP contribution in [0.25, 0.3) is 0 Å². The molecular formula is C20H24FNO2S. The minimum Gasteiger partial charge on any atom is -0.350 e. The zero-order chi connectivity index (χ0) is 17.6. The van der Waals surface area contributed by atoms with Gasteiger partial charge < -0.3 is 5.32 Å². The summed E-state index contributed by atoms with van der Waals surface area (Å²) in [6.45, 7) is 1.42. The number of halogens is 1. The fourth-order valence-electron chi connectivity index (χ4n) is 5.58. The molecule has 4 bridgehead atoms. The highest BCUT2D eigenvalue weighted by atomic mass is 32.2. The van der Waals surface area contributed by atoms with Crippen molar-refractivity contribution in [3.8, 4) is 0 Å². The molecule has 1 aromatic rings. The Bertz CT molecular complexity index is 682. The third-order valence-corrected chi connectivity index (χ3v) is 7.19. The molecule has 25 heavy (non-hydrogen) atoms. The molecule has 0 heterocycles. The average Bonchev–Trinajstić information content (AvgIpc) is 2.51. The predicted molar refractivity (Wildman–Crippen MR) is 96.2 cm³/mol. The lowest BCUT2D eigenvalue weighted by atomic mass is 9.53. The third-order valence-electron chi connectivity index (χ3n) is 6.14. The van der Waals surface area contributed by atoms with E-state index in [1.54, 1.807) is 12.1 Å². The summed E-state index contributed by atoms with van der Waals surface area (Å²) in [6, 6.07) is 4.46. The first-order chi connectivity index (χ1) is 11.9. The fourth-order valence-corrected chi connectivity index (χ4v) is 6.30. The summed E-state index contributed by atoms with van der Waals surface area (Å²) in [5.74, 6) is 2.00. The molecule has 134 valence electrons. The highest BCUT2D eigenvalue weighted by Gasteiger charge is 2.51. The molecule has 4 aliphatic carbocycles. The molecule has 0 atom stereocenters. The Morgan fingerprint density at radius 3 is 2.28 bits per heavy atom. The lowest BCUT2D eigenvalue weighted by molar-refractivity contribution is -0.124. The summed E-state index contributed by atoms with van der Waals surface area (Å²) in [4.78, 5) is 24.2. The predicted octanol–water partition coefficient (Wildman–Crippen LogP) is 4.21. The van der Waals surface area contributed by atoms with Crippen molar-refractivity contribution >= 4 is 23.5 Å². The summed E-state index contributed by atoms with van der Waals surface area (Å²) in [5.41, 5.74) is 0.364. The Balaban J connectivity index is 1.36. The Labute approximate surface area is 152 Å². The van der Waals surface area contributed by atoms with Gasteiger partial charge in [-0.3, -0.25) is 9.59 Å². The summed E-state index contributed by atoms with van der Waals surface area (Å²) < 4.78 is 14.1. The standard InChI is InChI=1S/C20H24FNO2S/c1-12(23)16-2-3-18(17(21)7-16)25-11-19(24)22-20-8-13-4-14(9-20)6-15(5-13)10-20/h2-3,7,13-15H,4-6,8-11H2,1H3,(H,22,24). The van der Waals surface area contributed by atoms with Crippen LogP contribution in [0.5, 0.6) is 0 Å². The number of ketones is 1. The monoisotopic (exact) mass is 361 g/mol. The van der Waals surface area contributed by atoms with E-state index in [9.17, 15) is 14.0 Å². The number of carbonyl (C=O) groups excluding carboxylic acids is 2. The van der Waals surface area contributed by atoms with Gasteiger partial charge in [0.15, 0.2) is 5.78 Å². The second kappa shape index (κ2) is 6.42. The lowest BCUT2D eigenvalue weighted by Gasteiger charge is -2.56. The number of hydrogen-bond acceptors (Lipinski definition) is 3. The fraction of sp³-hybridized carbons (Fsp3) is 0.600. The van der Waals surface area contributed by atoms with Crippen LogP contribution in [0.3, 0.4) is 0 Å². The van der Waals surface area contributed by atoms with Crippen molar-refractivity contribution in [3.63, 3.8) is 0 Å². The molecule has 0 spiro atoms. The minimum atomic E-state index is -0.430. The molecule has 4 aliphatic rings. The first-order valence-electron chi connectivity index (χ1n) is 9.17. The summed E-state index contributed by atoms with van der Waals surface area (Å²) in [7, 11) is 0. The Hall–Kier alpha value is -1.36. The van der Waals surface area contributed by atoms with E-state index in [0.717, 1.165) is 37.0 Å². The number of thioether (sulfide) groups is 1. The van der Waals surface area contributed by atoms with E-state index in [4.69, 9.17) is 0 Å². The van der Waals surface area contributed by atoms with Crippen LogP contribution < -0.4 is 5.32 Å². The van der Waals surface area contributed by atoms with Crippen molar-refractivity contribution in [1.29, 1.82) is 0 Å². The van der Waals surface area contributed by atoms with Gasteiger partial charge in [0.1, 0.15) is 5.82 Å². The molecule has 1 N–H and O–H groups in total. The van der Waals surface area contributed by atoms with Gasteiger partial charge in [0.25, 0.3) is 0 Å². The SMILES string of the molecule is CC(=O)c1ccc(SCC(=O)NC23CC4CC(CC(C4)C2)C3)c(F)c1. The average molecular weight is 361 g/mol. The van der Waals surface area contributed by atoms with Crippen molar-refractivity contribution in [2.75, 3.05) is 5.75 Å². The summed E-state index contributed by atoms with van der Waals surface area (Å²) in [6.07, 6.45) is 7.40. The van der Waals surface area contributed by atoms with Gasteiger partial charge in [-0.15, -0.1) is 11.8 Å². The molecule has 0 aromatic heterocycles. The largest absolute Gasteiger partial charge is 0.350 e. The summed E-state index contributed by atoms with van der Waals surface area (Å²) >= 11 is 1.21. The molecule has 0 unspecified atom stereocenters. The molecule has 4 saturated carbocycles. The highest BCUT2D eigenvalue weighted by molar-refractivity contribution is 8.00. The number of hydrogen-bond donors (Lipinski definition) is 1. The first kappa shape index (κ1) is 17.1. The smallest absolute Gasteiger partial charge is 0.230 e. The normalized spacial score (nSPS) is 32.6. The second-order valence-electron chi connectivity index (χ2n) is 8.24. The molecule has 5 heteroatoms. The van der Waals surface area contributed by atoms with E-state index in [2.05, 4.69) is 5.32 Å². The van der Waals surface area contributed by atoms with E-state index in [0.29, 0.717) is 10.5 Å². The van der Waals surface area contributed by atoms with Crippen molar-refractivity contribution in [2.45, 2.75) is 55.9 Å². The van der Waals surface area contributed by atoms with Gasteiger partial charge in [0.2, 0.25) is 5.91 Å². The zero-order valence-corrected chi connectivity index (χ0v) is 15.3. The van der Waals surface area contributed by atoms with Gasteiger partial charge in [0, 0.05) is 16.0 Å². The minimum absolute atomic E-state index is 0.00185. The number of rotatable bonds is 5. The van der Waals surface area contributed by atoms with Crippen LogP contribution in [0, 0.1) is 23.6 Å². The molecule has 1 amide bonds. The first-order valence-corrected chi connectivity index (χ1v) is 10.2. The lowest BCUT2D eigenvalue weighted by Crippen LogP contribution is -2.60. The quantitative estimate of drug-likeness (QED) is 0.631. The van der Waals surface area contributed by atoms with Crippen LogP contribution in [-0.4, -0.2) is 23.0 Å². The highest BCUT2D eigenvalue weighted by Crippen LogP contribution is 2.55. The number of carbonyl (C=O) groups is 2. The molecule has 4 fully saturated rings. The third kappa shape index (κ3) is 3.48. The Morgan fingerprint density at radius 2 is 1.76 bits per heavy atom. The van der Waals surface area contributed by atoms with Crippen molar-refractivity contribution in [3.05, 3.63) is 29.6 Å². The van der Waals surface area contributed by atoms with Gasteiger partial charge in [-0.1, -0.05) is 6.07 Å². The van der Waals surface area contributed by atoms with Gasteiger partial charge in [-0.2, -0.15) is 0 Å². The van der Waals surface area contributed by atoms with E-state index in [1.807, 2.05) is 0 Å². The molecule has 0 radical (unpaired) electrons. The van der Waals surface area contributed by atoms with Gasteiger partial charge in [-0.05, 0) is 75.3 Å². The molecule has 5 rings (SSSR count). The maximum atomic E-state index is 14.1. The van der Waals surface area contributed by atoms with Gasteiger partial charge >= 0.3 is 0 Å².